The summed E-state index contributed by atoms with van der Waals surface area (Å²) in [7, 11) is 0. The third-order valence-corrected chi connectivity index (χ3v) is 4.87. The highest BCUT2D eigenvalue weighted by molar-refractivity contribution is 7.08. The minimum atomic E-state index is 0. The summed E-state index contributed by atoms with van der Waals surface area (Å²) in [5.41, 5.74) is 3.26. The maximum Gasteiger partial charge on any atom is 0.139 e. The number of pyridine rings is 1. The monoisotopic (exact) mass is 363 g/mol. The number of nitrogens with zero attached hydrogens (tertiary/aromatic N) is 2. The fourth-order valence-electron chi connectivity index (χ4n) is 2.92. The molecule has 0 aliphatic heterocycles. The van der Waals surface area contributed by atoms with Crippen molar-refractivity contribution in [3.05, 3.63) is 41.2 Å². The first-order valence-electron chi connectivity index (χ1n) is 8.38. The van der Waals surface area contributed by atoms with E-state index in [1.807, 2.05) is 6.07 Å². The van der Waals surface area contributed by atoms with Crippen LogP contribution >= 0.6 is 23.7 Å². The van der Waals surface area contributed by atoms with Crippen LogP contribution in [0.1, 0.15) is 46.5 Å². The number of nitrogens with one attached hydrogen (secondary N) is 1. The third-order valence-electron chi connectivity index (χ3n) is 4.19. The molecule has 0 aromatic carbocycles. The van der Waals surface area contributed by atoms with Crippen LogP contribution in [0.4, 0.5) is 5.82 Å². The number of imidazole rings is 1. The molecule has 3 rings (SSSR count). The van der Waals surface area contributed by atoms with Gasteiger partial charge in [-0.05, 0) is 43.8 Å². The number of rotatable bonds is 7. The topological polar surface area (TPSA) is 29.3 Å². The average molecular weight is 364 g/mol. The van der Waals surface area contributed by atoms with Gasteiger partial charge in [0.05, 0.1) is 0 Å². The Bertz CT molecular complexity index is 762. The summed E-state index contributed by atoms with van der Waals surface area (Å²) in [5.74, 6) is 1.10. The molecular formula is C19H26ClN3S. The summed E-state index contributed by atoms with van der Waals surface area (Å²) in [6.07, 6.45) is 7.04. The molecule has 130 valence electrons. The molecule has 0 saturated heterocycles. The maximum absolute atomic E-state index is 4.84. The summed E-state index contributed by atoms with van der Waals surface area (Å²) in [6, 6.07) is 8.30. The summed E-state index contributed by atoms with van der Waals surface area (Å²) in [4.78, 5) is 4.84. The second-order valence-corrected chi connectivity index (χ2v) is 7.50. The van der Waals surface area contributed by atoms with E-state index in [9.17, 15) is 0 Å². The summed E-state index contributed by atoms with van der Waals surface area (Å²) in [6.45, 7) is 6.81. The van der Waals surface area contributed by atoms with Crippen molar-refractivity contribution in [3.8, 4) is 11.3 Å². The lowest BCUT2D eigenvalue weighted by Gasteiger charge is -2.27. The van der Waals surface area contributed by atoms with E-state index in [2.05, 4.69) is 65.6 Å². The van der Waals surface area contributed by atoms with Crippen molar-refractivity contribution in [1.82, 2.24) is 9.38 Å². The molecule has 0 spiro atoms. The van der Waals surface area contributed by atoms with Crippen molar-refractivity contribution >= 4 is 35.2 Å². The zero-order valence-corrected chi connectivity index (χ0v) is 16.2. The Hall–Kier alpha value is -1.52. The van der Waals surface area contributed by atoms with Crippen LogP contribution in [0.2, 0.25) is 0 Å². The number of fused-ring (bicyclic) bond motifs is 1. The second-order valence-electron chi connectivity index (χ2n) is 6.72. The first-order chi connectivity index (χ1) is 11.1. The van der Waals surface area contributed by atoms with Crippen LogP contribution in [0, 0.1) is 0 Å². The highest BCUT2D eigenvalue weighted by Crippen LogP contribution is 2.33. The smallest absolute Gasteiger partial charge is 0.139 e. The number of hydrogen-bond acceptors (Lipinski definition) is 3. The molecule has 0 unspecified atom stereocenters. The molecule has 0 atom stereocenters. The van der Waals surface area contributed by atoms with Crippen molar-refractivity contribution in [2.24, 2.45) is 0 Å². The van der Waals surface area contributed by atoms with Gasteiger partial charge in [0.2, 0.25) is 0 Å². The average Bonchev–Trinajstić information content (AvgIpc) is 3.15. The molecule has 5 heteroatoms. The Kier molecular flexibility index (Phi) is 6.30. The number of halogens is 1. The lowest BCUT2D eigenvalue weighted by atomic mass is 9.96. The normalized spacial score (nSPS) is 11.5. The summed E-state index contributed by atoms with van der Waals surface area (Å²) >= 11 is 1.71. The Labute approximate surface area is 154 Å². The van der Waals surface area contributed by atoms with Gasteiger partial charge in [0.15, 0.2) is 0 Å². The van der Waals surface area contributed by atoms with Crippen molar-refractivity contribution in [2.45, 2.75) is 52.0 Å². The number of aromatic nitrogens is 2. The van der Waals surface area contributed by atoms with Gasteiger partial charge in [-0.1, -0.05) is 32.3 Å². The molecule has 3 aromatic heterocycles. The first-order valence-corrected chi connectivity index (χ1v) is 9.33. The molecular weight excluding hydrogens is 338 g/mol. The molecule has 0 bridgehead atoms. The first kappa shape index (κ1) is 18.8. The Morgan fingerprint density at radius 1 is 1.21 bits per heavy atom. The van der Waals surface area contributed by atoms with Gasteiger partial charge in [-0.25, -0.2) is 4.98 Å². The van der Waals surface area contributed by atoms with Crippen LogP contribution in [-0.4, -0.2) is 14.9 Å². The largest absolute Gasteiger partial charge is 0.364 e. The van der Waals surface area contributed by atoms with E-state index < -0.39 is 0 Å². The lowest BCUT2D eigenvalue weighted by Crippen LogP contribution is -2.31. The van der Waals surface area contributed by atoms with Gasteiger partial charge in [0, 0.05) is 22.7 Å². The van der Waals surface area contributed by atoms with E-state index in [0.29, 0.717) is 0 Å². The van der Waals surface area contributed by atoms with Gasteiger partial charge >= 0.3 is 0 Å². The molecule has 3 heterocycles. The highest BCUT2D eigenvalue weighted by atomic mass is 35.5. The minimum Gasteiger partial charge on any atom is -0.364 e. The van der Waals surface area contributed by atoms with Gasteiger partial charge < -0.3 is 5.32 Å². The Morgan fingerprint density at radius 3 is 2.75 bits per heavy atom. The van der Waals surface area contributed by atoms with Crippen molar-refractivity contribution < 1.29 is 0 Å². The zero-order chi connectivity index (χ0) is 16.3. The van der Waals surface area contributed by atoms with Crippen LogP contribution in [0.25, 0.3) is 16.9 Å². The number of hydrogen-bond donors (Lipinski definition) is 1. The van der Waals surface area contributed by atoms with Gasteiger partial charge in [0.1, 0.15) is 17.2 Å². The molecule has 0 fully saturated rings. The predicted octanol–water partition coefficient (Wildman–Crippen LogP) is 6.26. The molecule has 3 aromatic rings. The Balaban J connectivity index is 0.00000208. The summed E-state index contributed by atoms with van der Waals surface area (Å²) < 4.78 is 2.16. The van der Waals surface area contributed by atoms with Gasteiger partial charge in [-0.3, -0.25) is 4.40 Å². The molecule has 0 radical (unpaired) electrons. The van der Waals surface area contributed by atoms with Crippen molar-refractivity contribution in [3.63, 3.8) is 0 Å². The van der Waals surface area contributed by atoms with Crippen LogP contribution in [-0.2, 0) is 0 Å². The molecule has 0 saturated carbocycles. The number of unbranched alkanes of at least 4 members (excludes halogenated alkanes) is 2. The van der Waals surface area contributed by atoms with E-state index >= 15 is 0 Å². The second kappa shape index (κ2) is 8.04. The van der Waals surface area contributed by atoms with Crippen LogP contribution < -0.4 is 5.32 Å². The Morgan fingerprint density at radius 2 is 2.04 bits per heavy atom. The van der Waals surface area contributed by atoms with Crippen molar-refractivity contribution in [1.29, 1.82) is 0 Å². The summed E-state index contributed by atoms with van der Waals surface area (Å²) in [5, 5.41) is 8.03. The fraction of sp³-hybridized carbons (Fsp3) is 0.421. The molecule has 24 heavy (non-hydrogen) atoms. The van der Waals surface area contributed by atoms with Crippen molar-refractivity contribution in [2.75, 3.05) is 5.32 Å². The SMILES string of the molecule is CCCCCC(C)(C)Nc1c(-c2ccsc2)nc2ccccn12.Cl. The third kappa shape index (κ3) is 4.11. The minimum absolute atomic E-state index is 0. The van der Waals surface area contributed by atoms with Gasteiger partial charge in [0.25, 0.3) is 0 Å². The lowest BCUT2D eigenvalue weighted by molar-refractivity contribution is 0.482. The van der Waals surface area contributed by atoms with Crippen LogP contribution in [0.3, 0.4) is 0 Å². The molecule has 1 N–H and O–H groups in total. The van der Waals surface area contributed by atoms with E-state index in [0.717, 1.165) is 23.6 Å². The standard InChI is InChI=1S/C19H25N3S.ClH/c1-4-5-7-11-19(2,3)21-18-17(15-10-13-23-14-15)20-16-9-6-8-12-22(16)18;/h6,8-10,12-14,21H,4-5,7,11H2,1-3H3;1H. The molecule has 0 amide bonds. The van der Waals surface area contributed by atoms with Gasteiger partial charge in [-0.15, -0.1) is 12.4 Å². The van der Waals surface area contributed by atoms with E-state index in [1.165, 1.54) is 24.8 Å². The van der Waals surface area contributed by atoms with E-state index in [4.69, 9.17) is 4.98 Å². The van der Waals surface area contributed by atoms with E-state index in [-0.39, 0.29) is 17.9 Å². The van der Waals surface area contributed by atoms with Crippen LogP contribution in [0.15, 0.2) is 41.2 Å². The zero-order valence-electron chi connectivity index (χ0n) is 14.6. The predicted molar refractivity (Wildman–Crippen MR) is 108 cm³/mol. The molecule has 3 nitrogen and oxygen atoms in total. The highest BCUT2D eigenvalue weighted by Gasteiger charge is 2.22. The molecule has 0 aliphatic rings. The maximum atomic E-state index is 4.84. The quantitative estimate of drug-likeness (QED) is 0.502. The van der Waals surface area contributed by atoms with Gasteiger partial charge in [-0.2, -0.15) is 11.3 Å². The number of anilines is 1. The fourth-order valence-corrected chi connectivity index (χ4v) is 3.56. The molecule has 0 aliphatic carbocycles. The van der Waals surface area contributed by atoms with Crippen LogP contribution in [0.5, 0.6) is 0 Å². The van der Waals surface area contributed by atoms with E-state index in [1.54, 1.807) is 11.3 Å². The number of thiophene rings is 1.